The quantitative estimate of drug-likeness (QED) is 0.532. The summed E-state index contributed by atoms with van der Waals surface area (Å²) in [5, 5.41) is 22.4. The average molecular weight is 481 g/mol. The lowest BCUT2D eigenvalue weighted by atomic mass is 9.87. The molecule has 2 aromatic rings. The maximum atomic E-state index is 13.0. The smallest absolute Gasteiger partial charge is 0.407 e. The molecule has 35 heavy (non-hydrogen) atoms. The highest BCUT2D eigenvalue weighted by Gasteiger charge is 2.36. The van der Waals surface area contributed by atoms with Crippen molar-refractivity contribution in [2.45, 2.75) is 56.6 Å². The molecule has 1 unspecified atom stereocenters. The number of aliphatic hydroxyl groups is 1. The number of amides is 2. The zero-order valence-electron chi connectivity index (χ0n) is 19.9. The molecular weight excluding hydrogens is 448 g/mol. The van der Waals surface area contributed by atoms with Crippen molar-refractivity contribution in [3.05, 3.63) is 59.7 Å². The monoisotopic (exact) mass is 480 g/mol. The average Bonchev–Trinajstić information content (AvgIpc) is 3.16. The van der Waals surface area contributed by atoms with Crippen LogP contribution >= 0.6 is 0 Å². The van der Waals surface area contributed by atoms with Crippen LogP contribution in [0.25, 0.3) is 11.1 Å². The van der Waals surface area contributed by atoms with Crippen LogP contribution in [0, 0.1) is 0 Å². The lowest BCUT2D eigenvalue weighted by Gasteiger charge is -2.39. The molecule has 1 fully saturated rings. The highest BCUT2D eigenvalue weighted by atomic mass is 16.5. The van der Waals surface area contributed by atoms with Crippen molar-refractivity contribution >= 4 is 18.0 Å². The molecule has 1 saturated heterocycles. The van der Waals surface area contributed by atoms with Gasteiger partial charge in [-0.1, -0.05) is 61.9 Å². The van der Waals surface area contributed by atoms with Gasteiger partial charge in [-0.25, -0.2) is 4.79 Å². The van der Waals surface area contributed by atoms with Crippen molar-refractivity contribution in [1.29, 1.82) is 0 Å². The molecule has 1 aliphatic heterocycles. The van der Waals surface area contributed by atoms with Crippen molar-refractivity contribution in [2.24, 2.45) is 0 Å². The minimum Gasteiger partial charge on any atom is -0.481 e. The van der Waals surface area contributed by atoms with Gasteiger partial charge in [-0.05, 0) is 41.5 Å². The van der Waals surface area contributed by atoms with Gasteiger partial charge in [-0.15, -0.1) is 0 Å². The number of hydrogen-bond donors (Lipinski definition) is 3. The molecule has 2 aliphatic rings. The molecule has 0 aromatic heterocycles. The number of likely N-dealkylation sites (tertiary alicyclic amines) is 1. The van der Waals surface area contributed by atoms with E-state index in [2.05, 4.69) is 5.32 Å². The maximum absolute atomic E-state index is 13.0. The van der Waals surface area contributed by atoms with Crippen LogP contribution in [-0.4, -0.2) is 64.4 Å². The van der Waals surface area contributed by atoms with Crippen molar-refractivity contribution in [1.82, 2.24) is 10.2 Å². The minimum atomic E-state index is -1.24. The van der Waals surface area contributed by atoms with Crippen LogP contribution in [0.15, 0.2) is 48.5 Å². The molecule has 1 heterocycles. The predicted molar refractivity (Wildman–Crippen MR) is 130 cm³/mol. The SMILES string of the molecule is CCCC1(O)CCN(C(=O)C(CC(=O)O)NC(=O)OCC2c3ccccc3-c3ccccc32)CC1. The zero-order valence-corrected chi connectivity index (χ0v) is 19.9. The fraction of sp³-hybridized carbons (Fsp3) is 0.444. The predicted octanol–water partition coefficient (Wildman–Crippen LogP) is 3.52. The summed E-state index contributed by atoms with van der Waals surface area (Å²) in [6, 6.07) is 14.7. The molecule has 2 aromatic carbocycles. The number of rotatable bonds is 8. The lowest BCUT2D eigenvalue weighted by molar-refractivity contribution is -0.144. The maximum Gasteiger partial charge on any atom is 0.407 e. The van der Waals surface area contributed by atoms with E-state index >= 15 is 0 Å². The van der Waals surface area contributed by atoms with Gasteiger partial charge >= 0.3 is 12.1 Å². The Bertz CT molecular complexity index is 1050. The first-order valence-electron chi connectivity index (χ1n) is 12.2. The van der Waals surface area contributed by atoms with Gasteiger partial charge in [0.15, 0.2) is 0 Å². The Balaban J connectivity index is 1.39. The van der Waals surface area contributed by atoms with E-state index in [4.69, 9.17) is 4.74 Å². The molecule has 3 N–H and O–H groups in total. The number of hydrogen-bond acceptors (Lipinski definition) is 5. The number of aliphatic carboxylic acids is 1. The molecule has 2 amide bonds. The van der Waals surface area contributed by atoms with Gasteiger partial charge in [0.05, 0.1) is 12.0 Å². The highest BCUT2D eigenvalue weighted by Crippen LogP contribution is 2.44. The number of carbonyl (C=O) groups excluding carboxylic acids is 2. The largest absolute Gasteiger partial charge is 0.481 e. The Morgan fingerprint density at radius 3 is 2.17 bits per heavy atom. The van der Waals surface area contributed by atoms with Crippen molar-refractivity contribution < 1.29 is 29.3 Å². The Hall–Kier alpha value is -3.39. The third-order valence-corrected chi connectivity index (χ3v) is 7.03. The highest BCUT2D eigenvalue weighted by molar-refractivity contribution is 5.89. The summed E-state index contributed by atoms with van der Waals surface area (Å²) < 4.78 is 5.50. The third kappa shape index (κ3) is 5.48. The Kier molecular flexibility index (Phi) is 7.40. The molecule has 0 radical (unpaired) electrons. The second-order valence-electron chi connectivity index (χ2n) is 9.42. The summed E-state index contributed by atoms with van der Waals surface area (Å²) in [5.41, 5.74) is 3.53. The summed E-state index contributed by atoms with van der Waals surface area (Å²) in [6.45, 7) is 2.70. The number of carboxylic acid groups (broad SMARTS) is 1. The summed E-state index contributed by atoms with van der Waals surface area (Å²) >= 11 is 0. The number of fused-ring (bicyclic) bond motifs is 3. The van der Waals surface area contributed by atoms with E-state index in [9.17, 15) is 24.6 Å². The van der Waals surface area contributed by atoms with E-state index in [1.165, 1.54) is 4.90 Å². The zero-order chi connectivity index (χ0) is 25.0. The van der Waals surface area contributed by atoms with E-state index in [1.54, 1.807) is 0 Å². The summed E-state index contributed by atoms with van der Waals surface area (Å²) in [4.78, 5) is 38.6. The molecule has 8 nitrogen and oxygen atoms in total. The summed E-state index contributed by atoms with van der Waals surface area (Å²) in [7, 11) is 0. The van der Waals surface area contributed by atoms with Crippen molar-refractivity contribution in [3.8, 4) is 11.1 Å². The molecule has 0 spiro atoms. The molecule has 0 saturated carbocycles. The third-order valence-electron chi connectivity index (χ3n) is 7.03. The molecule has 4 rings (SSSR count). The van der Waals surface area contributed by atoms with Gasteiger partial charge in [0, 0.05) is 19.0 Å². The second-order valence-corrected chi connectivity index (χ2v) is 9.42. The van der Waals surface area contributed by atoms with E-state index < -0.39 is 36.0 Å². The first-order valence-corrected chi connectivity index (χ1v) is 12.2. The van der Waals surface area contributed by atoms with Gasteiger partial charge in [0.1, 0.15) is 12.6 Å². The van der Waals surface area contributed by atoms with Crippen LogP contribution in [-0.2, 0) is 14.3 Å². The Morgan fingerprint density at radius 2 is 1.63 bits per heavy atom. The van der Waals surface area contributed by atoms with Crippen LogP contribution in [0.2, 0.25) is 0 Å². The first kappa shape index (κ1) is 24.7. The van der Waals surface area contributed by atoms with Crippen LogP contribution < -0.4 is 5.32 Å². The van der Waals surface area contributed by atoms with Gasteiger partial charge < -0.3 is 25.2 Å². The van der Waals surface area contributed by atoms with E-state index in [-0.39, 0.29) is 12.5 Å². The van der Waals surface area contributed by atoms with E-state index in [0.29, 0.717) is 32.4 Å². The van der Waals surface area contributed by atoms with Gasteiger partial charge in [0.2, 0.25) is 5.91 Å². The molecule has 1 aliphatic carbocycles. The van der Waals surface area contributed by atoms with E-state index in [0.717, 1.165) is 28.7 Å². The normalized spacial score (nSPS) is 17.3. The number of carbonyl (C=O) groups is 3. The topological polar surface area (TPSA) is 116 Å². The summed E-state index contributed by atoms with van der Waals surface area (Å²) in [6.07, 6.45) is 0.986. The minimum absolute atomic E-state index is 0.0710. The lowest BCUT2D eigenvalue weighted by Crippen LogP contribution is -2.54. The first-order chi connectivity index (χ1) is 16.8. The molecular formula is C27H32N2O6. The van der Waals surface area contributed by atoms with Crippen molar-refractivity contribution in [2.75, 3.05) is 19.7 Å². The molecule has 1 atom stereocenters. The fourth-order valence-corrected chi connectivity index (χ4v) is 5.24. The van der Waals surface area contributed by atoms with Gasteiger partial charge in [-0.3, -0.25) is 9.59 Å². The number of carboxylic acids is 1. The molecule has 0 bridgehead atoms. The van der Waals surface area contributed by atoms with Crippen LogP contribution in [0.4, 0.5) is 4.79 Å². The number of piperidine rings is 1. The van der Waals surface area contributed by atoms with Crippen molar-refractivity contribution in [3.63, 3.8) is 0 Å². The number of alkyl carbamates (subject to hydrolysis) is 1. The van der Waals surface area contributed by atoms with Gasteiger partial charge in [-0.2, -0.15) is 0 Å². The Labute approximate surface area is 204 Å². The standard InChI is InChI=1S/C27H32N2O6/c1-2-11-27(34)12-14-29(15-13-27)25(32)23(16-24(30)31)28-26(33)35-17-22-20-9-5-3-7-18(20)19-8-4-6-10-21(19)22/h3-10,22-23,34H,2,11-17H2,1H3,(H,28,33)(H,30,31). The molecule has 186 valence electrons. The number of nitrogens with one attached hydrogen (secondary N) is 1. The van der Waals surface area contributed by atoms with Crippen LogP contribution in [0.1, 0.15) is 56.1 Å². The number of ether oxygens (including phenoxy) is 1. The second kappa shape index (κ2) is 10.5. The Morgan fingerprint density at radius 1 is 1.06 bits per heavy atom. The number of nitrogens with zero attached hydrogens (tertiary/aromatic N) is 1. The van der Waals surface area contributed by atoms with Gasteiger partial charge in [0.25, 0.3) is 0 Å². The number of benzene rings is 2. The summed E-state index contributed by atoms with van der Waals surface area (Å²) in [5.74, 6) is -1.80. The van der Waals surface area contributed by atoms with E-state index in [1.807, 2.05) is 55.5 Å². The fourth-order valence-electron chi connectivity index (χ4n) is 5.24. The van der Waals surface area contributed by atoms with Crippen LogP contribution in [0.5, 0.6) is 0 Å². The molecule has 8 heteroatoms. The van der Waals surface area contributed by atoms with Crippen LogP contribution in [0.3, 0.4) is 0 Å².